The Labute approximate surface area is 186 Å². The molecule has 2 aliphatic rings. The minimum atomic E-state index is -1.89. The van der Waals surface area contributed by atoms with E-state index in [0.29, 0.717) is 27.5 Å². The summed E-state index contributed by atoms with van der Waals surface area (Å²) in [7, 11) is 0. The minimum Gasteiger partial charge on any atom is -0.479 e. The molecule has 0 aromatic heterocycles. The van der Waals surface area contributed by atoms with Gasteiger partial charge in [0.05, 0.1) is 11.4 Å². The maximum Gasteiger partial charge on any atom is 0.335 e. The van der Waals surface area contributed by atoms with Crippen molar-refractivity contribution in [3.05, 3.63) is 64.7 Å². The molecule has 0 bridgehead atoms. The predicted octanol–water partition coefficient (Wildman–Crippen LogP) is 0.364. The number of hydrogen-bond donors (Lipinski definition) is 5. The highest BCUT2D eigenvalue weighted by Crippen LogP contribution is 2.29. The fraction of sp³-hybridized carbons (Fsp3) is 0.286. The molecule has 2 aliphatic heterocycles. The van der Waals surface area contributed by atoms with Crippen LogP contribution in [-0.4, -0.2) is 74.9 Å². The number of carboxylic acid groups (broad SMARTS) is 1. The number of fused-ring (bicyclic) bond motifs is 1. The van der Waals surface area contributed by atoms with Crippen LogP contribution in [0.5, 0.6) is 0 Å². The van der Waals surface area contributed by atoms with Crippen molar-refractivity contribution >= 4 is 34.9 Å². The first-order chi connectivity index (χ1) is 15.3. The Hall–Kier alpha value is -2.86. The number of aliphatic hydroxyl groups excluding tert-OH is 3. The smallest absolute Gasteiger partial charge is 0.335 e. The molecule has 1 saturated heterocycles. The molecule has 1 amide bonds. The van der Waals surface area contributed by atoms with Crippen LogP contribution in [0.1, 0.15) is 11.1 Å². The standard InChI is InChI=1S/C21H19ClN2O8/c22-10-6-7-12-11(8-10)13(9-4-2-1-3-5-9)24-19(18(28)23-12)32-21-16(27)14(25)15(26)17(31-21)20(29)30/h1-8,14-17,19,21,25-27H,(H,23,28)(H,29,30)/t14?,15-,16?,17?,19?,21+/m1/s1. The van der Waals surface area contributed by atoms with E-state index in [1.54, 1.807) is 42.5 Å². The molecule has 10 nitrogen and oxygen atoms in total. The molecule has 32 heavy (non-hydrogen) atoms. The average molecular weight is 463 g/mol. The molecule has 1 fully saturated rings. The van der Waals surface area contributed by atoms with E-state index >= 15 is 0 Å². The second kappa shape index (κ2) is 8.94. The van der Waals surface area contributed by atoms with E-state index in [0.717, 1.165) is 0 Å². The third-order valence-electron chi connectivity index (χ3n) is 5.09. The van der Waals surface area contributed by atoms with E-state index in [1.807, 2.05) is 6.07 Å². The molecule has 0 saturated carbocycles. The summed E-state index contributed by atoms with van der Waals surface area (Å²) < 4.78 is 10.6. The van der Waals surface area contributed by atoms with Crippen molar-refractivity contribution in [3.63, 3.8) is 0 Å². The molecule has 0 radical (unpaired) electrons. The number of benzene rings is 2. The molecule has 11 heteroatoms. The fourth-order valence-corrected chi connectivity index (χ4v) is 3.64. The first kappa shape index (κ1) is 22.3. The molecule has 6 atom stereocenters. The number of hydrogen-bond acceptors (Lipinski definition) is 8. The van der Waals surface area contributed by atoms with Gasteiger partial charge in [0.2, 0.25) is 6.23 Å². The molecule has 2 heterocycles. The number of aliphatic hydroxyl groups is 3. The van der Waals surface area contributed by atoms with Crippen LogP contribution in [-0.2, 0) is 19.1 Å². The van der Waals surface area contributed by atoms with Gasteiger partial charge in [-0.15, -0.1) is 0 Å². The molecule has 4 rings (SSSR count). The lowest BCUT2D eigenvalue weighted by Gasteiger charge is -2.39. The summed E-state index contributed by atoms with van der Waals surface area (Å²) in [5, 5.41) is 42.4. The number of nitrogens with one attached hydrogen (secondary N) is 1. The maximum absolute atomic E-state index is 12.8. The van der Waals surface area contributed by atoms with Gasteiger partial charge in [-0.2, -0.15) is 0 Å². The van der Waals surface area contributed by atoms with Crippen molar-refractivity contribution in [1.29, 1.82) is 0 Å². The van der Waals surface area contributed by atoms with E-state index < -0.39 is 48.8 Å². The third-order valence-corrected chi connectivity index (χ3v) is 5.32. The van der Waals surface area contributed by atoms with Crippen molar-refractivity contribution in [2.45, 2.75) is 36.9 Å². The van der Waals surface area contributed by atoms with Crippen molar-refractivity contribution < 1.29 is 39.5 Å². The number of carboxylic acids is 1. The number of carbonyl (C=O) groups is 2. The summed E-state index contributed by atoms with van der Waals surface area (Å²) in [4.78, 5) is 28.6. The van der Waals surface area contributed by atoms with Crippen molar-refractivity contribution in [3.8, 4) is 0 Å². The van der Waals surface area contributed by atoms with Gasteiger partial charge in [0, 0.05) is 16.1 Å². The van der Waals surface area contributed by atoms with Crippen LogP contribution in [0, 0.1) is 0 Å². The first-order valence-electron chi connectivity index (χ1n) is 9.58. The molecule has 0 spiro atoms. The van der Waals surface area contributed by atoms with Gasteiger partial charge in [0.1, 0.15) is 18.3 Å². The lowest BCUT2D eigenvalue weighted by molar-refractivity contribution is -0.300. The second-order valence-corrected chi connectivity index (χ2v) is 7.68. The van der Waals surface area contributed by atoms with Gasteiger partial charge in [0.15, 0.2) is 12.4 Å². The lowest BCUT2D eigenvalue weighted by Crippen LogP contribution is -2.61. The maximum atomic E-state index is 12.8. The van der Waals surface area contributed by atoms with Gasteiger partial charge in [-0.3, -0.25) is 4.79 Å². The van der Waals surface area contributed by atoms with Crippen molar-refractivity contribution in [2.24, 2.45) is 4.99 Å². The van der Waals surface area contributed by atoms with E-state index in [2.05, 4.69) is 10.3 Å². The summed E-state index contributed by atoms with van der Waals surface area (Å²) in [6.07, 6.45) is -10.8. The highest BCUT2D eigenvalue weighted by Gasteiger charge is 2.48. The number of nitrogens with zero attached hydrogens (tertiary/aromatic N) is 1. The van der Waals surface area contributed by atoms with E-state index in [9.17, 15) is 30.0 Å². The van der Waals surface area contributed by atoms with Gasteiger partial charge in [-0.05, 0) is 18.2 Å². The van der Waals surface area contributed by atoms with Crippen LogP contribution in [0.25, 0.3) is 0 Å². The molecule has 2 aromatic rings. The van der Waals surface area contributed by atoms with Gasteiger partial charge < -0.3 is 35.2 Å². The van der Waals surface area contributed by atoms with Crippen LogP contribution >= 0.6 is 11.6 Å². The SMILES string of the molecule is O=C1Nc2ccc(Cl)cc2C(c2ccccc2)=NC1O[C@@H]1OC(C(=O)O)[C@H](O)C(O)C1O. The van der Waals surface area contributed by atoms with Crippen LogP contribution < -0.4 is 5.32 Å². The highest BCUT2D eigenvalue weighted by molar-refractivity contribution is 6.32. The molecule has 5 N–H and O–H groups in total. The zero-order valence-electron chi connectivity index (χ0n) is 16.3. The molecular formula is C21H19ClN2O8. The summed E-state index contributed by atoms with van der Waals surface area (Å²) >= 11 is 6.15. The number of aliphatic imine (C=N–C) groups is 1. The normalized spacial score (nSPS) is 30.0. The van der Waals surface area contributed by atoms with E-state index in [-0.39, 0.29) is 0 Å². The number of ether oxygens (including phenoxy) is 2. The van der Waals surface area contributed by atoms with E-state index in [4.69, 9.17) is 21.1 Å². The number of carbonyl (C=O) groups excluding carboxylic acids is 1. The molecule has 168 valence electrons. The topological polar surface area (TPSA) is 158 Å². The van der Waals surface area contributed by atoms with Crippen molar-refractivity contribution in [2.75, 3.05) is 5.32 Å². The highest BCUT2D eigenvalue weighted by atomic mass is 35.5. The Morgan fingerprint density at radius 3 is 2.47 bits per heavy atom. The monoisotopic (exact) mass is 462 g/mol. The van der Waals surface area contributed by atoms with Crippen LogP contribution in [0.3, 0.4) is 0 Å². The van der Waals surface area contributed by atoms with Gasteiger partial charge in [-0.25, -0.2) is 9.79 Å². The minimum absolute atomic E-state index is 0.354. The number of amides is 1. The molecule has 4 unspecified atom stereocenters. The quantitative estimate of drug-likeness (QED) is 0.436. The summed E-state index contributed by atoms with van der Waals surface area (Å²) in [6, 6.07) is 13.7. The number of anilines is 1. The zero-order valence-corrected chi connectivity index (χ0v) is 17.1. The van der Waals surface area contributed by atoms with Crippen LogP contribution in [0.2, 0.25) is 5.02 Å². The van der Waals surface area contributed by atoms with Crippen molar-refractivity contribution in [1.82, 2.24) is 0 Å². The predicted molar refractivity (Wildman–Crippen MR) is 111 cm³/mol. The molecule has 0 aliphatic carbocycles. The Morgan fingerprint density at radius 1 is 1.06 bits per heavy atom. The largest absolute Gasteiger partial charge is 0.479 e. The zero-order chi connectivity index (χ0) is 23.0. The average Bonchev–Trinajstić information content (AvgIpc) is 2.90. The van der Waals surface area contributed by atoms with Crippen LogP contribution in [0.15, 0.2) is 53.5 Å². The first-order valence-corrected chi connectivity index (χ1v) is 9.96. The van der Waals surface area contributed by atoms with Gasteiger partial charge in [-0.1, -0.05) is 41.9 Å². The third kappa shape index (κ3) is 4.24. The Kier molecular flexibility index (Phi) is 6.24. The Bertz CT molecular complexity index is 1060. The number of aliphatic carboxylic acids is 1. The number of benzodiazepines with no additional fused rings is 1. The Morgan fingerprint density at radius 2 is 1.78 bits per heavy atom. The Balaban J connectivity index is 1.72. The lowest BCUT2D eigenvalue weighted by atomic mass is 9.99. The fourth-order valence-electron chi connectivity index (χ4n) is 3.47. The second-order valence-electron chi connectivity index (χ2n) is 7.25. The molecular weight excluding hydrogens is 444 g/mol. The summed E-state index contributed by atoms with van der Waals surface area (Å²) in [5.41, 5.74) is 1.93. The summed E-state index contributed by atoms with van der Waals surface area (Å²) in [5.74, 6) is -2.29. The van der Waals surface area contributed by atoms with Gasteiger partial charge in [0.25, 0.3) is 5.91 Å². The van der Waals surface area contributed by atoms with Crippen LogP contribution in [0.4, 0.5) is 5.69 Å². The molecule has 2 aromatic carbocycles. The van der Waals surface area contributed by atoms with E-state index in [1.165, 1.54) is 0 Å². The van der Waals surface area contributed by atoms with Gasteiger partial charge >= 0.3 is 5.97 Å². The summed E-state index contributed by atoms with van der Waals surface area (Å²) in [6.45, 7) is 0. The number of rotatable bonds is 4. The number of halogens is 1.